The van der Waals surface area contributed by atoms with Crippen molar-refractivity contribution in [3.8, 4) is 5.75 Å². The van der Waals surface area contributed by atoms with Gasteiger partial charge in [0.25, 0.3) is 0 Å². The second kappa shape index (κ2) is 6.75. The molecule has 136 valence electrons. The van der Waals surface area contributed by atoms with Gasteiger partial charge >= 0.3 is 0 Å². The number of para-hydroxylation sites is 1. The summed E-state index contributed by atoms with van der Waals surface area (Å²) < 4.78 is 0. The zero-order valence-corrected chi connectivity index (χ0v) is 15.3. The Kier molecular flexibility index (Phi) is 4.43. The van der Waals surface area contributed by atoms with Crippen molar-refractivity contribution in [1.29, 1.82) is 0 Å². The van der Waals surface area contributed by atoms with Crippen molar-refractivity contribution in [1.82, 2.24) is 4.90 Å². The standard InChI is InChI=1S/C22H25NO3/c1-2-13-23-15-8-5-11-18(25)21(15)20(14-7-3-4-10-17(14)24)22-16(23)9-6-12-19(22)26/h3-4,7,10,20,24H,2,5-6,8-9,11-13H2,1H3. The van der Waals surface area contributed by atoms with Crippen LogP contribution in [0.4, 0.5) is 0 Å². The van der Waals surface area contributed by atoms with E-state index in [0.717, 1.165) is 61.2 Å². The van der Waals surface area contributed by atoms with Crippen LogP contribution in [0.25, 0.3) is 0 Å². The zero-order valence-electron chi connectivity index (χ0n) is 15.3. The molecule has 1 aromatic carbocycles. The Morgan fingerprint density at radius 3 is 2.08 bits per heavy atom. The minimum atomic E-state index is -0.407. The first-order valence-corrected chi connectivity index (χ1v) is 9.71. The molecule has 4 heteroatoms. The van der Waals surface area contributed by atoms with Crippen molar-refractivity contribution >= 4 is 11.6 Å². The summed E-state index contributed by atoms with van der Waals surface area (Å²) in [4.78, 5) is 28.2. The van der Waals surface area contributed by atoms with Crippen LogP contribution in [-0.4, -0.2) is 28.1 Å². The van der Waals surface area contributed by atoms with E-state index in [2.05, 4.69) is 11.8 Å². The van der Waals surface area contributed by atoms with Gasteiger partial charge in [0, 0.05) is 53.4 Å². The first-order valence-electron chi connectivity index (χ1n) is 9.71. The van der Waals surface area contributed by atoms with E-state index in [9.17, 15) is 14.7 Å². The summed E-state index contributed by atoms with van der Waals surface area (Å²) in [7, 11) is 0. The Labute approximate surface area is 154 Å². The van der Waals surface area contributed by atoms with Crippen molar-refractivity contribution < 1.29 is 14.7 Å². The SMILES string of the molecule is CCCN1C2=C(C(=O)CCC2)C(c2ccccc2O)C2=C1CCCC2=O. The van der Waals surface area contributed by atoms with E-state index in [0.29, 0.717) is 18.4 Å². The van der Waals surface area contributed by atoms with Crippen LogP contribution in [0.2, 0.25) is 0 Å². The number of nitrogens with zero attached hydrogens (tertiary/aromatic N) is 1. The average Bonchev–Trinajstić information content (AvgIpc) is 2.63. The number of carbonyl (C=O) groups is 2. The number of aromatic hydroxyl groups is 1. The summed E-state index contributed by atoms with van der Waals surface area (Å²) in [6.07, 6.45) is 5.49. The van der Waals surface area contributed by atoms with Gasteiger partial charge in [-0.1, -0.05) is 25.1 Å². The average molecular weight is 351 g/mol. The molecule has 0 atom stereocenters. The lowest BCUT2D eigenvalue weighted by Crippen LogP contribution is -2.39. The molecule has 0 saturated heterocycles. The molecule has 0 bridgehead atoms. The molecular formula is C22H25NO3. The first kappa shape index (κ1) is 17.1. The third kappa shape index (κ3) is 2.59. The zero-order chi connectivity index (χ0) is 18.3. The van der Waals surface area contributed by atoms with E-state index >= 15 is 0 Å². The maximum Gasteiger partial charge on any atom is 0.161 e. The molecule has 0 saturated carbocycles. The molecule has 0 amide bonds. The number of Topliss-reactive ketones (excluding diaryl/α,β-unsaturated/α-hetero) is 2. The molecule has 26 heavy (non-hydrogen) atoms. The quantitative estimate of drug-likeness (QED) is 0.886. The highest BCUT2D eigenvalue weighted by Gasteiger charge is 2.43. The fourth-order valence-electron chi connectivity index (χ4n) is 4.75. The monoisotopic (exact) mass is 351 g/mol. The Morgan fingerprint density at radius 2 is 1.54 bits per heavy atom. The van der Waals surface area contributed by atoms with Crippen molar-refractivity contribution in [2.24, 2.45) is 0 Å². The fraction of sp³-hybridized carbons (Fsp3) is 0.455. The van der Waals surface area contributed by atoms with E-state index in [-0.39, 0.29) is 17.3 Å². The van der Waals surface area contributed by atoms with Gasteiger partial charge in [-0.2, -0.15) is 0 Å². The third-order valence-corrected chi connectivity index (χ3v) is 5.78. The molecule has 0 fully saturated rings. The molecule has 1 aromatic rings. The maximum atomic E-state index is 13.0. The Hall–Kier alpha value is -2.36. The van der Waals surface area contributed by atoms with Crippen LogP contribution in [0.15, 0.2) is 46.8 Å². The predicted octanol–water partition coefficient (Wildman–Crippen LogP) is 4.22. The smallest absolute Gasteiger partial charge is 0.161 e. The summed E-state index contributed by atoms with van der Waals surface area (Å²) in [5, 5.41) is 10.5. The Balaban J connectivity index is 1.98. The van der Waals surface area contributed by atoms with Crippen LogP contribution < -0.4 is 0 Å². The van der Waals surface area contributed by atoms with Gasteiger partial charge in [-0.25, -0.2) is 0 Å². The highest BCUT2D eigenvalue weighted by atomic mass is 16.3. The normalized spacial score (nSPS) is 21.2. The van der Waals surface area contributed by atoms with Crippen LogP contribution in [0, 0.1) is 0 Å². The molecule has 3 aliphatic rings. The van der Waals surface area contributed by atoms with Crippen molar-refractivity contribution in [3.63, 3.8) is 0 Å². The van der Waals surface area contributed by atoms with Gasteiger partial charge in [0.15, 0.2) is 11.6 Å². The minimum Gasteiger partial charge on any atom is -0.508 e. The van der Waals surface area contributed by atoms with Gasteiger partial charge < -0.3 is 10.0 Å². The van der Waals surface area contributed by atoms with Gasteiger partial charge in [0.2, 0.25) is 0 Å². The van der Waals surface area contributed by atoms with Crippen molar-refractivity contribution in [3.05, 3.63) is 52.4 Å². The molecule has 4 rings (SSSR count). The largest absolute Gasteiger partial charge is 0.508 e. The summed E-state index contributed by atoms with van der Waals surface area (Å²) in [6.45, 7) is 2.97. The van der Waals surface area contributed by atoms with E-state index in [1.165, 1.54) is 0 Å². The van der Waals surface area contributed by atoms with E-state index in [1.807, 2.05) is 12.1 Å². The number of carbonyl (C=O) groups excluding carboxylic acids is 2. The lowest BCUT2D eigenvalue weighted by molar-refractivity contribution is -0.117. The number of hydrogen-bond acceptors (Lipinski definition) is 4. The number of hydrogen-bond donors (Lipinski definition) is 1. The second-order valence-corrected chi connectivity index (χ2v) is 7.42. The molecule has 0 spiro atoms. The first-order chi connectivity index (χ1) is 12.6. The van der Waals surface area contributed by atoms with Crippen LogP contribution >= 0.6 is 0 Å². The molecule has 4 nitrogen and oxygen atoms in total. The highest BCUT2D eigenvalue weighted by molar-refractivity contribution is 6.06. The summed E-state index contributed by atoms with van der Waals surface area (Å²) in [6, 6.07) is 7.15. The molecular weight excluding hydrogens is 326 g/mol. The van der Waals surface area contributed by atoms with Crippen LogP contribution in [-0.2, 0) is 9.59 Å². The van der Waals surface area contributed by atoms with Crippen LogP contribution in [0.1, 0.15) is 63.4 Å². The lowest BCUT2D eigenvalue weighted by atomic mass is 9.70. The highest BCUT2D eigenvalue weighted by Crippen LogP contribution is 2.50. The summed E-state index contributed by atoms with van der Waals surface area (Å²) in [5.41, 5.74) is 4.36. The number of benzene rings is 1. The van der Waals surface area contributed by atoms with Crippen molar-refractivity contribution in [2.45, 2.75) is 57.8 Å². The fourth-order valence-corrected chi connectivity index (χ4v) is 4.75. The number of allylic oxidation sites excluding steroid dienone is 4. The number of phenols is 1. The predicted molar refractivity (Wildman–Crippen MR) is 99.6 cm³/mol. The third-order valence-electron chi connectivity index (χ3n) is 5.78. The van der Waals surface area contributed by atoms with Crippen LogP contribution in [0.5, 0.6) is 5.75 Å². The van der Waals surface area contributed by atoms with E-state index in [4.69, 9.17) is 0 Å². The number of rotatable bonds is 3. The van der Waals surface area contributed by atoms with Gasteiger partial charge in [-0.3, -0.25) is 9.59 Å². The van der Waals surface area contributed by atoms with Crippen molar-refractivity contribution in [2.75, 3.05) is 6.54 Å². The van der Waals surface area contributed by atoms with Crippen LogP contribution in [0.3, 0.4) is 0 Å². The van der Waals surface area contributed by atoms with Gasteiger partial charge in [0.1, 0.15) is 5.75 Å². The van der Waals surface area contributed by atoms with Gasteiger partial charge in [-0.05, 0) is 38.2 Å². The number of phenolic OH excluding ortho intramolecular Hbond substituents is 1. The Bertz CT molecular complexity index is 790. The molecule has 2 aliphatic carbocycles. The van der Waals surface area contributed by atoms with Gasteiger partial charge in [0.05, 0.1) is 0 Å². The summed E-state index contributed by atoms with van der Waals surface area (Å²) >= 11 is 0. The number of ketones is 2. The maximum absolute atomic E-state index is 13.0. The molecule has 0 unspecified atom stereocenters. The van der Waals surface area contributed by atoms with Gasteiger partial charge in [-0.15, -0.1) is 0 Å². The topological polar surface area (TPSA) is 57.6 Å². The molecule has 0 radical (unpaired) electrons. The molecule has 0 aromatic heterocycles. The Morgan fingerprint density at radius 1 is 0.962 bits per heavy atom. The van der Waals surface area contributed by atoms with E-state index < -0.39 is 5.92 Å². The molecule has 1 aliphatic heterocycles. The summed E-state index contributed by atoms with van der Waals surface area (Å²) in [5.74, 6) is 0.0165. The lowest BCUT2D eigenvalue weighted by Gasteiger charge is -2.44. The minimum absolute atomic E-state index is 0.130. The molecule has 1 heterocycles. The second-order valence-electron chi connectivity index (χ2n) is 7.42. The molecule has 1 N–H and O–H groups in total. The van der Waals surface area contributed by atoms with E-state index in [1.54, 1.807) is 12.1 Å².